The van der Waals surface area contributed by atoms with Gasteiger partial charge in [-0.1, -0.05) is 35.9 Å². The van der Waals surface area contributed by atoms with E-state index in [1.807, 2.05) is 48.5 Å². The van der Waals surface area contributed by atoms with Gasteiger partial charge in [-0.05, 0) is 66.8 Å². The molecule has 0 amide bonds. The number of morpholine rings is 1. The number of halogens is 1. The van der Waals surface area contributed by atoms with Crippen molar-refractivity contribution < 1.29 is 19.3 Å². The maximum atomic E-state index is 11.3. The highest BCUT2D eigenvalue weighted by Crippen LogP contribution is 2.41. The summed E-state index contributed by atoms with van der Waals surface area (Å²) in [7, 11) is 0. The molecule has 0 radical (unpaired) electrons. The molecule has 8 heteroatoms. The number of aliphatic hydroxyl groups is 1. The number of hydrogen-bond acceptors (Lipinski definition) is 7. The van der Waals surface area contributed by atoms with Crippen molar-refractivity contribution in [3.8, 4) is 17.4 Å². The summed E-state index contributed by atoms with van der Waals surface area (Å²) in [5.41, 5.74) is 3.45. The Morgan fingerprint density at radius 1 is 0.951 bits per heavy atom. The summed E-state index contributed by atoms with van der Waals surface area (Å²) in [5.74, 6) is 2.30. The van der Waals surface area contributed by atoms with Crippen LogP contribution in [0.3, 0.4) is 0 Å². The molecule has 0 spiro atoms. The van der Waals surface area contributed by atoms with Crippen LogP contribution in [-0.4, -0.2) is 79.0 Å². The Balaban J connectivity index is 1.12. The fourth-order valence-corrected chi connectivity index (χ4v) is 6.09. The number of likely N-dealkylation sites (tertiary alicyclic amines) is 1. The van der Waals surface area contributed by atoms with E-state index < -0.39 is 5.60 Å². The van der Waals surface area contributed by atoms with Crippen LogP contribution in [0.1, 0.15) is 36.0 Å². The Labute approximate surface area is 247 Å². The lowest BCUT2D eigenvalue weighted by Crippen LogP contribution is -2.42. The van der Waals surface area contributed by atoms with Crippen molar-refractivity contribution in [1.29, 1.82) is 0 Å². The van der Waals surface area contributed by atoms with E-state index in [1.165, 1.54) is 5.57 Å². The van der Waals surface area contributed by atoms with Crippen LogP contribution in [0.5, 0.6) is 17.4 Å². The Kier molecular flexibility index (Phi) is 8.89. The fraction of sp³-hybridized carbons (Fsp3) is 0.424. The van der Waals surface area contributed by atoms with E-state index in [4.69, 9.17) is 25.8 Å². The Morgan fingerprint density at radius 2 is 1.73 bits per heavy atom. The normalized spacial score (nSPS) is 20.1. The molecule has 6 rings (SSSR count). The Hall–Kier alpha value is -2.94. The first-order valence-electron chi connectivity index (χ1n) is 14.7. The Bertz CT molecular complexity index is 1350. The summed E-state index contributed by atoms with van der Waals surface area (Å²) >= 11 is 6.05. The van der Waals surface area contributed by atoms with Gasteiger partial charge in [-0.25, -0.2) is 4.98 Å². The summed E-state index contributed by atoms with van der Waals surface area (Å²) in [6.07, 6.45) is 7.15. The molecule has 216 valence electrons. The zero-order valence-electron chi connectivity index (χ0n) is 23.4. The molecule has 4 heterocycles. The standard InChI is InChI=1S/C33H38ClN3O4/c34-27-10-8-26(9-11-27)33(38)12-16-36(17-13-33)15-3-4-25-24-29-30(40-23-20-37-18-21-39-22-19-37)6-1-7-31(29)41-32-28(25)5-2-14-35-32/h1-2,4-11,14,38H,3,12-13,15-24H2/b25-4-. The first-order chi connectivity index (χ1) is 20.1. The minimum Gasteiger partial charge on any atom is -0.492 e. The molecule has 3 aromatic rings. The first kappa shape index (κ1) is 28.2. The van der Waals surface area contributed by atoms with Crippen molar-refractivity contribution in [2.24, 2.45) is 0 Å². The molecule has 0 aliphatic carbocycles. The number of rotatable bonds is 8. The lowest BCUT2D eigenvalue weighted by Gasteiger charge is -2.38. The van der Waals surface area contributed by atoms with E-state index in [9.17, 15) is 5.11 Å². The van der Waals surface area contributed by atoms with Crippen LogP contribution in [-0.2, 0) is 16.8 Å². The lowest BCUT2D eigenvalue weighted by molar-refractivity contribution is -0.0254. The second kappa shape index (κ2) is 12.9. The average molecular weight is 576 g/mol. The summed E-state index contributed by atoms with van der Waals surface area (Å²) in [4.78, 5) is 9.38. The zero-order valence-corrected chi connectivity index (χ0v) is 24.2. The number of fused-ring (bicyclic) bond motifs is 2. The summed E-state index contributed by atoms with van der Waals surface area (Å²) in [5, 5.41) is 11.9. The minimum absolute atomic E-state index is 0.623. The lowest BCUT2D eigenvalue weighted by atomic mass is 9.84. The molecule has 1 aromatic heterocycles. The highest BCUT2D eigenvalue weighted by atomic mass is 35.5. The molecule has 1 N–H and O–H groups in total. The van der Waals surface area contributed by atoms with Crippen molar-refractivity contribution in [3.05, 3.63) is 88.6 Å². The number of benzene rings is 2. The minimum atomic E-state index is -0.787. The van der Waals surface area contributed by atoms with Gasteiger partial charge in [0.15, 0.2) is 0 Å². The summed E-state index contributed by atoms with van der Waals surface area (Å²) in [6, 6.07) is 17.7. The molecule has 0 atom stereocenters. The van der Waals surface area contributed by atoms with Gasteiger partial charge in [0.2, 0.25) is 5.88 Å². The van der Waals surface area contributed by atoms with E-state index in [0.717, 1.165) is 93.5 Å². The molecular weight excluding hydrogens is 538 g/mol. The first-order valence-corrected chi connectivity index (χ1v) is 15.0. The second-order valence-electron chi connectivity index (χ2n) is 11.1. The number of nitrogens with zero attached hydrogens (tertiary/aromatic N) is 3. The molecule has 3 aliphatic heterocycles. The number of piperidine rings is 1. The molecule has 2 fully saturated rings. The van der Waals surface area contributed by atoms with Crippen LogP contribution >= 0.6 is 11.6 Å². The molecule has 0 unspecified atom stereocenters. The van der Waals surface area contributed by atoms with Gasteiger partial charge in [0.1, 0.15) is 18.1 Å². The molecule has 41 heavy (non-hydrogen) atoms. The fourth-order valence-electron chi connectivity index (χ4n) is 5.97. The predicted octanol–water partition coefficient (Wildman–Crippen LogP) is 5.55. The van der Waals surface area contributed by atoms with E-state index in [0.29, 0.717) is 30.4 Å². The van der Waals surface area contributed by atoms with Crippen LogP contribution in [0.25, 0.3) is 5.57 Å². The maximum absolute atomic E-state index is 11.3. The van der Waals surface area contributed by atoms with Gasteiger partial charge in [0, 0.05) is 68.0 Å². The van der Waals surface area contributed by atoms with Crippen molar-refractivity contribution >= 4 is 17.2 Å². The predicted molar refractivity (Wildman–Crippen MR) is 161 cm³/mol. The van der Waals surface area contributed by atoms with Crippen molar-refractivity contribution in [2.75, 3.05) is 59.1 Å². The third-order valence-electron chi connectivity index (χ3n) is 8.45. The summed E-state index contributed by atoms with van der Waals surface area (Å²) < 4.78 is 18.1. The van der Waals surface area contributed by atoms with Crippen molar-refractivity contribution in [3.63, 3.8) is 0 Å². The van der Waals surface area contributed by atoms with Crippen LogP contribution in [0.2, 0.25) is 5.02 Å². The largest absolute Gasteiger partial charge is 0.492 e. The SMILES string of the molecule is OC1(c2ccc(Cl)cc2)CCN(CC/C=C2/Cc3c(OCCN4CCOCC4)cccc3Oc3ncccc32)CC1. The van der Waals surface area contributed by atoms with E-state index in [-0.39, 0.29) is 0 Å². The topological polar surface area (TPSA) is 67.3 Å². The van der Waals surface area contributed by atoms with E-state index in [2.05, 4.69) is 26.9 Å². The highest BCUT2D eigenvalue weighted by molar-refractivity contribution is 6.30. The quantitative estimate of drug-likeness (QED) is 0.378. The van der Waals surface area contributed by atoms with Crippen LogP contribution < -0.4 is 9.47 Å². The molecule has 2 aromatic carbocycles. The van der Waals surface area contributed by atoms with Gasteiger partial charge < -0.3 is 24.2 Å². The average Bonchev–Trinajstić information content (AvgIpc) is 3.16. The van der Waals surface area contributed by atoms with Gasteiger partial charge >= 0.3 is 0 Å². The van der Waals surface area contributed by atoms with Crippen LogP contribution in [0.4, 0.5) is 0 Å². The van der Waals surface area contributed by atoms with Gasteiger partial charge in [0.25, 0.3) is 0 Å². The molecule has 2 saturated heterocycles. The van der Waals surface area contributed by atoms with Gasteiger partial charge in [-0.15, -0.1) is 0 Å². The molecular formula is C33H38ClN3O4. The third-order valence-corrected chi connectivity index (χ3v) is 8.70. The Morgan fingerprint density at radius 3 is 2.54 bits per heavy atom. The molecule has 7 nitrogen and oxygen atoms in total. The van der Waals surface area contributed by atoms with Gasteiger partial charge in [-0.3, -0.25) is 4.90 Å². The number of hydrogen-bond donors (Lipinski definition) is 1. The van der Waals surface area contributed by atoms with Crippen molar-refractivity contribution in [1.82, 2.24) is 14.8 Å². The molecule has 3 aliphatic rings. The van der Waals surface area contributed by atoms with Gasteiger partial charge in [0.05, 0.1) is 18.8 Å². The van der Waals surface area contributed by atoms with E-state index in [1.54, 1.807) is 6.20 Å². The molecule has 0 saturated carbocycles. The van der Waals surface area contributed by atoms with E-state index >= 15 is 0 Å². The zero-order chi connectivity index (χ0) is 28.1. The number of allylic oxidation sites excluding steroid dienone is 1. The number of pyridine rings is 1. The third kappa shape index (κ3) is 6.76. The van der Waals surface area contributed by atoms with Crippen molar-refractivity contribution in [2.45, 2.75) is 31.3 Å². The second-order valence-corrected chi connectivity index (χ2v) is 11.5. The number of ether oxygens (including phenoxy) is 3. The van der Waals surface area contributed by atoms with Crippen LogP contribution in [0.15, 0.2) is 66.9 Å². The molecule has 0 bridgehead atoms. The maximum Gasteiger partial charge on any atom is 0.226 e. The van der Waals surface area contributed by atoms with Crippen LogP contribution in [0, 0.1) is 0 Å². The monoisotopic (exact) mass is 575 g/mol. The smallest absolute Gasteiger partial charge is 0.226 e. The highest BCUT2D eigenvalue weighted by Gasteiger charge is 2.33. The number of aromatic nitrogens is 1. The summed E-state index contributed by atoms with van der Waals surface area (Å²) in [6.45, 7) is 7.61. The van der Waals surface area contributed by atoms with Gasteiger partial charge in [-0.2, -0.15) is 0 Å².